The first-order valence-electron chi connectivity index (χ1n) is 4.30. The molecule has 0 bridgehead atoms. The van der Waals surface area contributed by atoms with Gasteiger partial charge in [0.15, 0.2) is 0 Å². The maximum absolute atomic E-state index is 12.0. The predicted octanol–water partition coefficient (Wildman–Crippen LogP) is 4.76. The van der Waals surface area contributed by atoms with Gasteiger partial charge in [-0.2, -0.15) is 0 Å². The van der Waals surface area contributed by atoms with Gasteiger partial charge >= 0.3 is 6.36 Å². The van der Waals surface area contributed by atoms with Gasteiger partial charge in [0.1, 0.15) is 5.75 Å². The Morgan fingerprint density at radius 2 is 2.00 bits per heavy atom. The number of fused-ring (bicyclic) bond motifs is 1. The molecule has 2 aromatic rings. The molecule has 1 nitrogen and oxygen atoms in total. The quantitative estimate of drug-likeness (QED) is 0.723. The summed E-state index contributed by atoms with van der Waals surface area (Å²) >= 11 is 7.27. The van der Waals surface area contributed by atoms with Gasteiger partial charge in [0.05, 0.1) is 9.72 Å². The summed E-state index contributed by atoms with van der Waals surface area (Å²) in [5, 5.41) is 2.81. The molecule has 0 fully saturated rings. The lowest BCUT2D eigenvalue weighted by Gasteiger charge is -2.09. The van der Waals surface area contributed by atoms with Crippen molar-refractivity contribution in [3.8, 4) is 5.75 Å². The monoisotopic (exact) mass is 266 g/mol. The number of hydrogen-bond acceptors (Lipinski definition) is 2. The Morgan fingerprint density at radius 3 is 2.62 bits per heavy atom. The molecule has 0 amide bonds. The maximum atomic E-state index is 12.0. The highest BCUT2D eigenvalue weighted by molar-refractivity contribution is 7.18. The zero-order chi connectivity index (χ0) is 11.9. The fourth-order valence-corrected chi connectivity index (χ4v) is 2.67. The lowest BCUT2D eigenvalue weighted by atomic mass is 10.2. The van der Waals surface area contributed by atoms with E-state index in [9.17, 15) is 13.2 Å². The molecule has 0 atom stereocenters. The number of alkyl halides is 3. The standard InChI is InChI=1S/C10H6ClF3OS/c1-5-4-16-9-7(5)2-6(3-8(9)11)15-10(12,13)14/h2-4H,1H3. The van der Waals surface area contributed by atoms with Gasteiger partial charge in [0.25, 0.3) is 0 Å². The highest BCUT2D eigenvalue weighted by Crippen LogP contribution is 2.36. The molecule has 0 saturated carbocycles. The Hall–Kier alpha value is -0.940. The van der Waals surface area contributed by atoms with E-state index in [1.54, 1.807) is 0 Å². The minimum atomic E-state index is -4.69. The molecule has 0 radical (unpaired) electrons. The van der Waals surface area contributed by atoms with Gasteiger partial charge in [-0.25, -0.2) is 0 Å². The van der Waals surface area contributed by atoms with Crippen LogP contribution in [0.3, 0.4) is 0 Å². The topological polar surface area (TPSA) is 9.23 Å². The van der Waals surface area contributed by atoms with Crippen LogP contribution in [-0.4, -0.2) is 6.36 Å². The summed E-state index contributed by atoms with van der Waals surface area (Å²) in [7, 11) is 0. The molecule has 86 valence electrons. The van der Waals surface area contributed by atoms with Crippen LogP contribution < -0.4 is 4.74 Å². The van der Waals surface area contributed by atoms with Crippen molar-refractivity contribution < 1.29 is 17.9 Å². The van der Waals surface area contributed by atoms with Crippen LogP contribution in [0.1, 0.15) is 5.56 Å². The van der Waals surface area contributed by atoms with Gasteiger partial charge in [-0.05, 0) is 23.9 Å². The van der Waals surface area contributed by atoms with E-state index in [-0.39, 0.29) is 10.8 Å². The number of rotatable bonds is 1. The van der Waals surface area contributed by atoms with Crippen molar-refractivity contribution in [2.75, 3.05) is 0 Å². The molecule has 1 aromatic carbocycles. The molecule has 1 heterocycles. The molecule has 0 aliphatic heterocycles. The predicted molar refractivity (Wildman–Crippen MR) is 58.3 cm³/mol. The van der Waals surface area contributed by atoms with Gasteiger partial charge in [0.2, 0.25) is 0 Å². The van der Waals surface area contributed by atoms with Crippen molar-refractivity contribution in [1.82, 2.24) is 0 Å². The number of halogens is 4. The van der Waals surface area contributed by atoms with Crippen LogP contribution >= 0.6 is 22.9 Å². The molecular formula is C10H6ClF3OS. The van der Waals surface area contributed by atoms with E-state index in [0.29, 0.717) is 5.39 Å². The summed E-state index contributed by atoms with van der Waals surface area (Å²) in [6.07, 6.45) is -4.69. The van der Waals surface area contributed by atoms with Crippen LogP contribution in [0.4, 0.5) is 13.2 Å². The number of aryl methyl sites for hydroxylation is 1. The highest BCUT2D eigenvalue weighted by Gasteiger charge is 2.31. The maximum Gasteiger partial charge on any atom is 0.573 e. The summed E-state index contributed by atoms with van der Waals surface area (Å²) in [5.74, 6) is -0.286. The summed E-state index contributed by atoms with van der Waals surface area (Å²) in [5.41, 5.74) is 0.884. The first-order valence-corrected chi connectivity index (χ1v) is 5.55. The number of thiophene rings is 1. The van der Waals surface area contributed by atoms with E-state index in [1.807, 2.05) is 12.3 Å². The van der Waals surface area contributed by atoms with E-state index in [0.717, 1.165) is 10.3 Å². The SMILES string of the molecule is Cc1csc2c(Cl)cc(OC(F)(F)F)cc12. The van der Waals surface area contributed by atoms with Crippen LogP contribution in [0.15, 0.2) is 17.5 Å². The smallest absolute Gasteiger partial charge is 0.406 e. The molecule has 0 N–H and O–H groups in total. The van der Waals surface area contributed by atoms with Crippen molar-refractivity contribution in [2.45, 2.75) is 13.3 Å². The van der Waals surface area contributed by atoms with Gasteiger partial charge in [-0.3, -0.25) is 0 Å². The molecule has 16 heavy (non-hydrogen) atoms. The van der Waals surface area contributed by atoms with Gasteiger partial charge in [-0.1, -0.05) is 11.6 Å². The van der Waals surface area contributed by atoms with Crippen LogP contribution in [0.5, 0.6) is 5.75 Å². The molecule has 1 aromatic heterocycles. The summed E-state index contributed by atoms with van der Waals surface area (Å²) < 4.78 is 40.7. The average molecular weight is 267 g/mol. The van der Waals surface area contributed by atoms with Gasteiger partial charge < -0.3 is 4.74 Å². The summed E-state index contributed by atoms with van der Waals surface area (Å²) in [4.78, 5) is 0. The first-order chi connectivity index (χ1) is 7.37. The van der Waals surface area contributed by atoms with Crippen LogP contribution in [-0.2, 0) is 0 Å². The highest BCUT2D eigenvalue weighted by atomic mass is 35.5. The van der Waals surface area contributed by atoms with E-state index in [1.165, 1.54) is 23.5 Å². The minimum Gasteiger partial charge on any atom is -0.406 e. The molecule has 0 aliphatic rings. The molecule has 0 saturated heterocycles. The number of benzene rings is 1. The fraction of sp³-hybridized carbons (Fsp3) is 0.200. The minimum absolute atomic E-state index is 0.273. The molecule has 0 aliphatic carbocycles. The second-order valence-electron chi connectivity index (χ2n) is 3.25. The van der Waals surface area contributed by atoms with E-state index in [4.69, 9.17) is 11.6 Å². The number of ether oxygens (including phenoxy) is 1. The van der Waals surface area contributed by atoms with Crippen LogP contribution in [0, 0.1) is 6.92 Å². The van der Waals surface area contributed by atoms with Crippen molar-refractivity contribution in [3.05, 3.63) is 28.1 Å². The molecule has 2 rings (SSSR count). The summed E-state index contributed by atoms with van der Waals surface area (Å²) in [6, 6.07) is 2.52. The van der Waals surface area contributed by atoms with E-state index >= 15 is 0 Å². The first kappa shape index (κ1) is 11.5. The second kappa shape index (κ2) is 3.82. The Balaban J connectivity index is 2.52. The van der Waals surface area contributed by atoms with Crippen molar-refractivity contribution >= 4 is 33.0 Å². The lowest BCUT2D eigenvalue weighted by Crippen LogP contribution is -2.17. The van der Waals surface area contributed by atoms with Crippen molar-refractivity contribution in [3.63, 3.8) is 0 Å². The van der Waals surface area contributed by atoms with Gasteiger partial charge in [0, 0.05) is 11.5 Å². The summed E-state index contributed by atoms with van der Waals surface area (Å²) in [6.45, 7) is 1.81. The second-order valence-corrected chi connectivity index (χ2v) is 4.54. The Morgan fingerprint density at radius 1 is 1.31 bits per heavy atom. The molecule has 6 heteroatoms. The Kier molecular flexibility index (Phi) is 2.75. The lowest BCUT2D eigenvalue weighted by molar-refractivity contribution is -0.274. The van der Waals surface area contributed by atoms with Gasteiger partial charge in [-0.15, -0.1) is 24.5 Å². The normalized spacial score (nSPS) is 12.1. The average Bonchev–Trinajstić information content (AvgIpc) is 2.45. The number of hydrogen-bond donors (Lipinski definition) is 0. The third kappa shape index (κ3) is 2.25. The molecule has 0 unspecified atom stereocenters. The van der Waals surface area contributed by atoms with E-state index < -0.39 is 6.36 Å². The zero-order valence-corrected chi connectivity index (χ0v) is 9.63. The van der Waals surface area contributed by atoms with Crippen molar-refractivity contribution in [2.24, 2.45) is 0 Å². The third-order valence-electron chi connectivity index (χ3n) is 2.03. The third-order valence-corrected chi connectivity index (χ3v) is 3.59. The fourth-order valence-electron chi connectivity index (χ4n) is 1.38. The zero-order valence-electron chi connectivity index (χ0n) is 8.06. The Labute approximate surface area is 98.4 Å². The largest absolute Gasteiger partial charge is 0.573 e. The van der Waals surface area contributed by atoms with Crippen LogP contribution in [0.2, 0.25) is 5.02 Å². The van der Waals surface area contributed by atoms with Crippen LogP contribution in [0.25, 0.3) is 10.1 Å². The Bertz CT molecular complexity index is 533. The molecular weight excluding hydrogens is 261 g/mol. The van der Waals surface area contributed by atoms with Crippen molar-refractivity contribution in [1.29, 1.82) is 0 Å². The molecule has 0 spiro atoms. The van der Waals surface area contributed by atoms with E-state index in [2.05, 4.69) is 4.74 Å².